The third-order valence-electron chi connectivity index (χ3n) is 3.87. The Balaban J connectivity index is 2.08. The summed E-state index contributed by atoms with van der Waals surface area (Å²) >= 11 is 3.47. The summed E-state index contributed by atoms with van der Waals surface area (Å²) in [5.74, 6) is -0.147. The summed E-state index contributed by atoms with van der Waals surface area (Å²) in [6.07, 6.45) is 0. The highest BCUT2D eigenvalue weighted by atomic mass is 79.9. The number of hydrogen-bond acceptors (Lipinski definition) is 3. The number of rotatable bonds is 3. The van der Waals surface area contributed by atoms with Crippen molar-refractivity contribution in [2.75, 3.05) is 12.3 Å². The van der Waals surface area contributed by atoms with Gasteiger partial charge in [-0.05, 0) is 34.9 Å². The Hall–Kier alpha value is -2.58. The van der Waals surface area contributed by atoms with E-state index in [9.17, 15) is 4.79 Å². The molecule has 0 atom stereocenters. The molecule has 2 N–H and O–H groups in total. The zero-order valence-corrected chi connectivity index (χ0v) is 13.9. The third-order valence-corrected chi connectivity index (χ3v) is 4.36. The third kappa shape index (κ3) is 2.73. The van der Waals surface area contributed by atoms with Gasteiger partial charge in [-0.25, -0.2) is 0 Å². The molecule has 0 fully saturated rings. The van der Waals surface area contributed by atoms with Gasteiger partial charge in [0, 0.05) is 22.3 Å². The molecule has 5 heteroatoms. The van der Waals surface area contributed by atoms with Gasteiger partial charge < -0.3 is 10.6 Å². The van der Waals surface area contributed by atoms with Crippen LogP contribution in [0.3, 0.4) is 0 Å². The molecule has 2 aromatic rings. The number of nitrogens with two attached hydrogens (primary N) is 1. The molecule has 0 aliphatic carbocycles. The number of nitriles is 1. The van der Waals surface area contributed by atoms with E-state index in [0.29, 0.717) is 23.4 Å². The largest absolute Gasteiger partial charge is 0.398 e. The van der Waals surface area contributed by atoms with Crippen molar-refractivity contribution in [3.05, 3.63) is 64.1 Å². The van der Waals surface area contributed by atoms with Crippen LogP contribution in [0.2, 0.25) is 0 Å². The number of halogens is 1. The van der Waals surface area contributed by atoms with Crippen LogP contribution in [0, 0.1) is 11.3 Å². The fourth-order valence-corrected chi connectivity index (χ4v) is 3.22. The lowest BCUT2D eigenvalue weighted by Gasteiger charge is -2.14. The van der Waals surface area contributed by atoms with Gasteiger partial charge in [0.2, 0.25) is 0 Å². The Bertz CT molecular complexity index is 867. The van der Waals surface area contributed by atoms with Gasteiger partial charge in [-0.2, -0.15) is 5.26 Å². The molecule has 0 spiro atoms. The van der Waals surface area contributed by atoms with Crippen LogP contribution < -0.4 is 5.73 Å². The van der Waals surface area contributed by atoms with Crippen LogP contribution in [0.5, 0.6) is 0 Å². The van der Waals surface area contributed by atoms with Crippen molar-refractivity contribution in [1.82, 2.24) is 4.90 Å². The van der Waals surface area contributed by atoms with E-state index >= 15 is 0 Å². The smallest absolute Gasteiger partial charge is 0.256 e. The van der Waals surface area contributed by atoms with Crippen LogP contribution in [0.25, 0.3) is 11.1 Å². The topological polar surface area (TPSA) is 70.1 Å². The van der Waals surface area contributed by atoms with E-state index in [4.69, 9.17) is 11.0 Å². The zero-order valence-electron chi connectivity index (χ0n) is 12.3. The minimum Gasteiger partial charge on any atom is -0.398 e. The Morgan fingerprint density at radius 3 is 2.87 bits per heavy atom. The maximum absolute atomic E-state index is 12.6. The highest BCUT2D eigenvalue weighted by molar-refractivity contribution is 9.10. The van der Waals surface area contributed by atoms with Crippen LogP contribution >= 0.6 is 15.9 Å². The van der Waals surface area contributed by atoms with Gasteiger partial charge in [-0.15, -0.1) is 0 Å². The fraction of sp³-hybridized carbons (Fsp3) is 0.111. The molecule has 4 nitrogen and oxygen atoms in total. The van der Waals surface area contributed by atoms with E-state index in [-0.39, 0.29) is 12.5 Å². The Morgan fingerprint density at radius 1 is 1.39 bits per heavy atom. The highest BCUT2D eigenvalue weighted by Crippen LogP contribution is 2.36. The first-order valence-electron chi connectivity index (χ1n) is 7.05. The summed E-state index contributed by atoms with van der Waals surface area (Å²) in [6.45, 7) is 4.31. The molecular formula is C18H14BrN3O. The summed E-state index contributed by atoms with van der Waals surface area (Å²) in [6, 6.07) is 13.6. The van der Waals surface area contributed by atoms with Crippen molar-refractivity contribution in [2.45, 2.75) is 6.54 Å². The molecule has 2 aromatic carbocycles. The number of carbonyl (C=O) groups is 1. The summed E-state index contributed by atoms with van der Waals surface area (Å²) in [5, 5.41) is 8.90. The SMILES string of the molecule is C=C(C#N)CN1Cc2c(-c3cccc(Br)c3)ccc(N)c2C1=O. The van der Waals surface area contributed by atoms with Crippen molar-refractivity contribution in [2.24, 2.45) is 0 Å². The lowest BCUT2D eigenvalue weighted by atomic mass is 9.96. The lowest BCUT2D eigenvalue weighted by molar-refractivity contribution is 0.0795. The second kappa shape index (κ2) is 5.90. The monoisotopic (exact) mass is 367 g/mol. The number of anilines is 1. The summed E-state index contributed by atoms with van der Waals surface area (Å²) < 4.78 is 0.972. The molecule has 3 rings (SSSR count). The van der Waals surface area contributed by atoms with E-state index in [1.54, 1.807) is 11.0 Å². The quantitative estimate of drug-likeness (QED) is 0.663. The zero-order chi connectivity index (χ0) is 16.6. The number of fused-ring (bicyclic) bond motifs is 1. The minimum atomic E-state index is -0.147. The predicted molar refractivity (Wildman–Crippen MR) is 93.5 cm³/mol. The van der Waals surface area contributed by atoms with Crippen LogP contribution in [-0.2, 0) is 6.54 Å². The Labute approximate surface area is 143 Å². The molecule has 0 aromatic heterocycles. The van der Waals surface area contributed by atoms with Crippen LogP contribution in [0.4, 0.5) is 5.69 Å². The van der Waals surface area contributed by atoms with Crippen LogP contribution in [0.1, 0.15) is 15.9 Å². The van der Waals surface area contributed by atoms with E-state index < -0.39 is 0 Å². The molecule has 0 unspecified atom stereocenters. The molecule has 114 valence electrons. The number of hydrogen-bond donors (Lipinski definition) is 1. The minimum absolute atomic E-state index is 0.147. The van der Waals surface area contributed by atoms with Gasteiger partial charge in [-0.1, -0.05) is 40.7 Å². The number of nitrogen functional groups attached to an aromatic ring is 1. The van der Waals surface area contributed by atoms with Gasteiger partial charge >= 0.3 is 0 Å². The van der Waals surface area contributed by atoms with Gasteiger partial charge in [-0.3, -0.25) is 4.79 Å². The first-order chi connectivity index (χ1) is 11.0. The van der Waals surface area contributed by atoms with Gasteiger partial charge in [0.05, 0.1) is 18.2 Å². The van der Waals surface area contributed by atoms with Crippen molar-refractivity contribution >= 4 is 27.5 Å². The Morgan fingerprint density at radius 2 is 2.17 bits per heavy atom. The molecule has 1 heterocycles. The maximum atomic E-state index is 12.6. The lowest BCUT2D eigenvalue weighted by Crippen LogP contribution is -2.26. The molecule has 1 amide bonds. The van der Waals surface area contributed by atoms with Crippen molar-refractivity contribution in [3.8, 4) is 17.2 Å². The summed E-state index contributed by atoms with van der Waals surface area (Å²) in [4.78, 5) is 14.2. The maximum Gasteiger partial charge on any atom is 0.256 e. The average Bonchev–Trinajstić information content (AvgIpc) is 2.85. The van der Waals surface area contributed by atoms with Gasteiger partial charge in [0.15, 0.2) is 0 Å². The first kappa shape index (κ1) is 15.3. The second-order valence-corrected chi connectivity index (χ2v) is 6.36. The number of benzene rings is 2. The highest BCUT2D eigenvalue weighted by Gasteiger charge is 2.31. The molecule has 0 saturated heterocycles. The summed E-state index contributed by atoms with van der Waals surface area (Å²) in [5.41, 5.74) is 10.3. The average molecular weight is 368 g/mol. The van der Waals surface area contributed by atoms with E-state index in [0.717, 1.165) is 21.2 Å². The molecule has 23 heavy (non-hydrogen) atoms. The van der Waals surface area contributed by atoms with Gasteiger partial charge in [0.25, 0.3) is 5.91 Å². The predicted octanol–water partition coefficient (Wildman–Crippen LogP) is 3.73. The molecule has 1 aliphatic rings. The second-order valence-electron chi connectivity index (χ2n) is 5.44. The van der Waals surface area contributed by atoms with E-state index in [2.05, 4.69) is 22.5 Å². The van der Waals surface area contributed by atoms with Crippen LogP contribution in [-0.4, -0.2) is 17.4 Å². The first-order valence-corrected chi connectivity index (χ1v) is 7.85. The Kier molecular flexibility index (Phi) is 3.93. The van der Waals surface area contributed by atoms with Crippen molar-refractivity contribution < 1.29 is 4.79 Å². The van der Waals surface area contributed by atoms with E-state index in [1.807, 2.05) is 36.4 Å². The summed E-state index contributed by atoms with van der Waals surface area (Å²) in [7, 11) is 0. The number of amides is 1. The molecule has 0 radical (unpaired) electrons. The fourth-order valence-electron chi connectivity index (χ4n) is 2.82. The van der Waals surface area contributed by atoms with Gasteiger partial charge in [0.1, 0.15) is 0 Å². The molecule has 0 bridgehead atoms. The number of carbonyl (C=O) groups excluding carboxylic acids is 1. The standard InChI is InChI=1S/C18H14BrN3O/c1-11(8-20)9-22-10-15-14(12-3-2-4-13(19)7-12)5-6-16(21)17(15)18(22)23/h2-7H,1,9-10,21H2. The molecule has 1 aliphatic heterocycles. The van der Waals surface area contributed by atoms with Crippen molar-refractivity contribution in [1.29, 1.82) is 5.26 Å². The molecular weight excluding hydrogens is 354 g/mol. The van der Waals surface area contributed by atoms with Crippen molar-refractivity contribution in [3.63, 3.8) is 0 Å². The molecule has 0 saturated carbocycles. The normalized spacial score (nSPS) is 12.9. The van der Waals surface area contributed by atoms with Crippen LogP contribution in [0.15, 0.2) is 53.0 Å². The number of nitrogens with zero attached hydrogens (tertiary/aromatic N) is 2. The van der Waals surface area contributed by atoms with E-state index in [1.165, 1.54) is 0 Å².